The standard InChI is InChI=1S/C83H162O17P2/c1-7-10-12-14-16-18-20-21-22-23-24-28-31-34-38-41-47-53-59-65-80(85)93-71-78(99-83(88)68-62-56-49-43-39-35-32-29-26-25-27-30-33-37-40-46-52-58-64-76(6)9-3)73-97-101(89,90)95-69-77(84)70-96-102(91,92)98-74-79(72-94-81(86)66-60-54-50-44-45-51-57-63-75(4)5)100-82(87)67-61-55-48-42-36-19-17-15-13-11-8-2/h75-79,84H,7-74H2,1-6H3,(H,89,90)(H,91,92)/t76?,77-,78-,79-/m1/s1. The van der Waals surface area contributed by atoms with E-state index in [9.17, 15) is 43.2 Å². The van der Waals surface area contributed by atoms with Gasteiger partial charge in [-0.15, -0.1) is 0 Å². The molecule has 0 spiro atoms. The quantitative estimate of drug-likeness (QED) is 0.0222. The van der Waals surface area contributed by atoms with E-state index in [4.69, 9.17) is 37.0 Å². The Morgan fingerprint density at radius 2 is 0.500 bits per heavy atom. The van der Waals surface area contributed by atoms with Gasteiger partial charge in [-0.1, -0.05) is 388 Å². The molecule has 606 valence electrons. The SMILES string of the molecule is CCCCCCCCCCCCCCCCCCCCCC(=O)OC[C@H](COP(=O)(O)OC[C@@H](O)COP(=O)(O)OC[C@@H](COC(=O)CCCCCCCCCC(C)C)OC(=O)CCCCCCCCCCCCC)OC(=O)CCCCCCCCCCCCCCCCCCCCC(C)CC. The molecular weight excluding hydrogens is 1330 g/mol. The summed E-state index contributed by atoms with van der Waals surface area (Å²) >= 11 is 0. The average molecular weight is 1490 g/mol. The minimum Gasteiger partial charge on any atom is -0.462 e. The van der Waals surface area contributed by atoms with Gasteiger partial charge >= 0.3 is 39.5 Å². The molecule has 0 radical (unpaired) electrons. The van der Waals surface area contributed by atoms with Crippen molar-refractivity contribution in [2.75, 3.05) is 39.6 Å². The summed E-state index contributed by atoms with van der Waals surface area (Å²) in [5.74, 6) is -0.532. The molecule has 0 saturated heterocycles. The third kappa shape index (κ3) is 74.9. The van der Waals surface area contributed by atoms with E-state index in [0.29, 0.717) is 31.6 Å². The van der Waals surface area contributed by atoms with Crippen molar-refractivity contribution in [1.29, 1.82) is 0 Å². The van der Waals surface area contributed by atoms with Crippen LogP contribution in [0.5, 0.6) is 0 Å². The Kier molecular flexibility index (Phi) is 73.1. The summed E-state index contributed by atoms with van der Waals surface area (Å²) in [5, 5.41) is 10.6. The molecule has 0 aromatic carbocycles. The molecule has 19 heteroatoms. The van der Waals surface area contributed by atoms with Crippen molar-refractivity contribution in [2.24, 2.45) is 11.8 Å². The molecular formula is C83H162O17P2. The fraction of sp³-hybridized carbons (Fsp3) is 0.952. The minimum atomic E-state index is -4.96. The molecule has 0 amide bonds. The van der Waals surface area contributed by atoms with E-state index < -0.39 is 97.5 Å². The zero-order chi connectivity index (χ0) is 74.9. The van der Waals surface area contributed by atoms with E-state index >= 15 is 0 Å². The number of carbonyl (C=O) groups excluding carboxylic acids is 4. The van der Waals surface area contributed by atoms with Crippen molar-refractivity contribution in [3.8, 4) is 0 Å². The van der Waals surface area contributed by atoms with E-state index in [-0.39, 0.29) is 25.7 Å². The van der Waals surface area contributed by atoms with Gasteiger partial charge in [0.2, 0.25) is 0 Å². The summed E-state index contributed by atoms with van der Waals surface area (Å²) in [4.78, 5) is 73.0. The van der Waals surface area contributed by atoms with Crippen LogP contribution < -0.4 is 0 Å². The van der Waals surface area contributed by atoms with Gasteiger partial charge in [0.1, 0.15) is 19.3 Å². The molecule has 0 aliphatic heterocycles. The van der Waals surface area contributed by atoms with Crippen LogP contribution in [0.2, 0.25) is 0 Å². The van der Waals surface area contributed by atoms with Crippen LogP contribution >= 0.6 is 15.6 Å². The number of hydrogen-bond acceptors (Lipinski definition) is 15. The molecule has 0 bridgehead atoms. The van der Waals surface area contributed by atoms with E-state index in [1.54, 1.807) is 0 Å². The van der Waals surface area contributed by atoms with Gasteiger partial charge in [0.05, 0.1) is 26.4 Å². The molecule has 0 rings (SSSR count). The second kappa shape index (κ2) is 74.5. The highest BCUT2D eigenvalue weighted by atomic mass is 31.2. The Bertz CT molecular complexity index is 1960. The zero-order valence-electron chi connectivity index (χ0n) is 66.9. The van der Waals surface area contributed by atoms with E-state index in [0.717, 1.165) is 102 Å². The zero-order valence-corrected chi connectivity index (χ0v) is 68.7. The Hall–Kier alpha value is -1.94. The van der Waals surface area contributed by atoms with Crippen molar-refractivity contribution < 1.29 is 80.2 Å². The van der Waals surface area contributed by atoms with Crippen LogP contribution in [0.25, 0.3) is 0 Å². The van der Waals surface area contributed by atoms with Crippen molar-refractivity contribution in [2.45, 2.75) is 458 Å². The number of ether oxygens (including phenoxy) is 4. The second-order valence-corrected chi connectivity index (χ2v) is 33.5. The Labute approximate surface area is 626 Å². The van der Waals surface area contributed by atoms with Gasteiger partial charge in [-0.3, -0.25) is 37.3 Å². The third-order valence-corrected chi connectivity index (χ3v) is 21.7. The smallest absolute Gasteiger partial charge is 0.462 e. The molecule has 0 aromatic rings. The first-order valence-electron chi connectivity index (χ1n) is 43.0. The third-order valence-electron chi connectivity index (χ3n) is 19.8. The van der Waals surface area contributed by atoms with Crippen LogP contribution in [0.15, 0.2) is 0 Å². The van der Waals surface area contributed by atoms with Gasteiger partial charge in [-0.05, 0) is 37.5 Å². The molecule has 0 heterocycles. The lowest BCUT2D eigenvalue weighted by molar-refractivity contribution is -0.161. The molecule has 0 aliphatic carbocycles. The van der Waals surface area contributed by atoms with Gasteiger partial charge in [-0.2, -0.15) is 0 Å². The van der Waals surface area contributed by atoms with Crippen LogP contribution in [-0.2, 0) is 65.4 Å². The maximum atomic E-state index is 13.1. The monoisotopic (exact) mass is 1490 g/mol. The molecule has 102 heavy (non-hydrogen) atoms. The number of carbonyl (C=O) groups is 4. The molecule has 0 saturated carbocycles. The number of phosphoric ester groups is 2. The molecule has 0 aromatic heterocycles. The first-order valence-corrected chi connectivity index (χ1v) is 46.0. The maximum Gasteiger partial charge on any atom is 0.472 e. The van der Waals surface area contributed by atoms with E-state index in [1.807, 2.05) is 0 Å². The van der Waals surface area contributed by atoms with E-state index in [2.05, 4.69) is 41.5 Å². The van der Waals surface area contributed by atoms with Crippen LogP contribution in [0.4, 0.5) is 0 Å². The Balaban J connectivity index is 5.19. The lowest BCUT2D eigenvalue weighted by Gasteiger charge is -2.21. The number of aliphatic hydroxyl groups excluding tert-OH is 1. The number of esters is 4. The van der Waals surface area contributed by atoms with Crippen LogP contribution in [0.3, 0.4) is 0 Å². The van der Waals surface area contributed by atoms with Crippen molar-refractivity contribution >= 4 is 39.5 Å². The van der Waals surface area contributed by atoms with Gasteiger partial charge in [0.25, 0.3) is 0 Å². The van der Waals surface area contributed by atoms with Gasteiger partial charge in [-0.25, -0.2) is 9.13 Å². The Morgan fingerprint density at radius 1 is 0.284 bits per heavy atom. The summed E-state index contributed by atoms with van der Waals surface area (Å²) < 4.78 is 68.7. The normalized spacial score (nSPS) is 14.1. The number of phosphoric acid groups is 2. The lowest BCUT2D eigenvalue weighted by Crippen LogP contribution is -2.30. The van der Waals surface area contributed by atoms with Crippen molar-refractivity contribution in [3.63, 3.8) is 0 Å². The average Bonchev–Trinajstić information content (AvgIpc) is 0.918. The molecule has 3 unspecified atom stereocenters. The predicted molar refractivity (Wildman–Crippen MR) is 418 cm³/mol. The number of aliphatic hydroxyl groups is 1. The summed E-state index contributed by atoms with van der Waals surface area (Å²) in [7, 11) is -9.92. The first-order chi connectivity index (χ1) is 49.4. The van der Waals surface area contributed by atoms with Gasteiger partial charge in [0.15, 0.2) is 12.2 Å². The highest BCUT2D eigenvalue weighted by molar-refractivity contribution is 7.47. The van der Waals surface area contributed by atoms with Crippen LogP contribution in [0.1, 0.15) is 440 Å². The number of unbranched alkanes of at least 4 members (excludes halogenated alkanes) is 51. The highest BCUT2D eigenvalue weighted by Crippen LogP contribution is 2.45. The Morgan fingerprint density at radius 3 is 0.745 bits per heavy atom. The summed E-state index contributed by atoms with van der Waals surface area (Å²) in [5.41, 5.74) is 0. The molecule has 3 N–H and O–H groups in total. The van der Waals surface area contributed by atoms with Crippen molar-refractivity contribution in [1.82, 2.24) is 0 Å². The fourth-order valence-electron chi connectivity index (χ4n) is 12.9. The van der Waals surface area contributed by atoms with Crippen LogP contribution in [0, 0.1) is 11.8 Å². The minimum absolute atomic E-state index is 0.106. The summed E-state index contributed by atoms with van der Waals surface area (Å²) in [6, 6.07) is 0. The first kappa shape index (κ1) is 100. The molecule has 17 nitrogen and oxygen atoms in total. The lowest BCUT2D eigenvalue weighted by atomic mass is 9.99. The van der Waals surface area contributed by atoms with Gasteiger partial charge < -0.3 is 33.8 Å². The van der Waals surface area contributed by atoms with Crippen molar-refractivity contribution in [3.05, 3.63) is 0 Å². The topological polar surface area (TPSA) is 237 Å². The molecule has 6 atom stereocenters. The van der Waals surface area contributed by atoms with Gasteiger partial charge in [0, 0.05) is 25.7 Å². The fourth-order valence-corrected chi connectivity index (χ4v) is 14.4. The van der Waals surface area contributed by atoms with E-state index in [1.165, 1.54) is 250 Å². The number of hydrogen-bond donors (Lipinski definition) is 3. The molecule has 0 fully saturated rings. The predicted octanol–water partition coefficient (Wildman–Crippen LogP) is 25.1. The van der Waals surface area contributed by atoms with Crippen LogP contribution in [-0.4, -0.2) is 96.7 Å². The number of rotatable bonds is 82. The summed E-state index contributed by atoms with van der Waals surface area (Å²) in [6.45, 7) is 9.65. The maximum absolute atomic E-state index is 13.1. The second-order valence-electron chi connectivity index (χ2n) is 30.6. The molecule has 0 aliphatic rings. The summed E-state index contributed by atoms with van der Waals surface area (Å²) in [6.07, 6.45) is 65.4. The largest absolute Gasteiger partial charge is 0.472 e. The highest BCUT2D eigenvalue weighted by Gasteiger charge is 2.30.